The van der Waals surface area contributed by atoms with Crippen molar-refractivity contribution in [1.82, 2.24) is 19.9 Å². The van der Waals surface area contributed by atoms with Crippen LogP contribution in [0.15, 0.2) is 35.1 Å². The van der Waals surface area contributed by atoms with Crippen molar-refractivity contribution in [3.05, 3.63) is 47.6 Å². The van der Waals surface area contributed by atoms with Crippen LogP contribution in [0.2, 0.25) is 0 Å². The number of pyridine rings is 1. The molecular formula is C24H30F6N4O6. The van der Waals surface area contributed by atoms with E-state index in [-0.39, 0.29) is 5.60 Å². The Morgan fingerprint density at radius 1 is 1.15 bits per heavy atom. The largest absolute Gasteiger partial charge is 0.490 e. The molecule has 224 valence electrons. The first-order chi connectivity index (χ1) is 18.5. The summed E-state index contributed by atoms with van der Waals surface area (Å²) < 4.78 is 74.9. The van der Waals surface area contributed by atoms with Gasteiger partial charge in [0.15, 0.2) is 0 Å². The van der Waals surface area contributed by atoms with Gasteiger partial charge in [-0.15, -0.1) is 0 Å². The summed E-state index contributed by atoms with van der Waals surface area (Å²) in [5, 5.41) is 18.3. The van der Waals surface area contributed by atoms with E-state index in [9.17, 15) is 26.3 Å². The van der Waals surface area contributed by atoms with Crippen molar-refractivity contribution in [3.63, 3.8) is 0 Å². The normalized spacial score (nSPS) is 18.7. The number of halogens is 6. The maximum Gasteiger partial charge on any atom is 0.490 e. The van der Waals surface area contributed by atoms with Crippen LogP contribution in [0, 0.1) is 12.8 Å². The molecule has 16 heteroatoms. The maximum absolute atomic E-state index is 10.6. The van der Waals surface area contributed by atoms with E-state index < -0.39 is 24.3 Å². The second-order valence-corrected chi connectivity index (χ2v) is 9.64. The van der Waals surface area contributed by atoms with Crippen molar-refractivity contribution in [1.29, 1.82) is 0 Å². The Morgan fingerprint density at radius 2 is 1.75 bits per heavy atom. The topological polar surface area (TPSA) is 129 Å². The first kappa shape index (κ1) is 33.0. The van der Waals surface area contributed by atoms with Crippen molar-refractivity contribution < 1.29 is 55.4 Å². The van der Waals surface area contributed by atoms with Gasteiger partial charge in [-0.25, -0.2) is 9.59 Å². The summed E-state index contributed by atoms with van der Waals surface area (Å²) >= 11 is 0. The molecule has 2 fully saturated rings. The number of ether oxygens (including phenoxy) is 1. The lowest BCUT2D eigenvalue weighted by Gasteiger charge is -2.53. The van der Waals surface area contributed by atoms with Crippen molar-refractivity contribution in [2.75, 3.05) is 33.3 Å². The number of hydrogen-bond donors (Lipinski definition) is 2. The zero-order valence-electron chi connectivity index (χ0n) is 21.7. The number of alkyl halides is 6. The highest BCUT2D eigenvalue weighted by Crippen LogP contribution is 2.36. The molecule has 0 saturated carbocycles. The molecule has 4 heterocycles. The molecule has 4 rings (SSSR count). The van der Waals surface area contributed by atoms with Gasteiger partial charge in [-0.3, -0.25) is 9.88 Å². The maximum atomic E-state index is 10.6. The third-order valence-electron chi connectivity index (χ3n) is 5.95. The second kappa shape index (κ2) is 13.9. The average molecular weight is 585 g/mol. The molecule has 2 aromatic rings. The molecule has 1 unspecified atom stereocenters. The predicted molar refractivity (Wildman–Crippen MR) is 126 cm³/mol. The third-order valence-corrected chi connectivity index (χ3v) is 5.95. The summed E-state index contributed by atoms with van der Waals surface area (Å²) in [4.78, 5) is 26.8. The number of nitrogens with zero attached hydrogens (tertiary/aromatic N) is 4. The number of hydrogen-bond acceptors (Lipinski definition) is 8. The molecule has 2 aliphatic heterocycles. The molecule has 0 radical (unpaired) electrons. The van der Waals surface area contributed by atoms with Gasteiger partial charge in [-0.2, -0.15) is 26.3 Å². The van der Waals surface area contributed by atoms with E-state index >= 15 is 0 Å². The smallest absolute Gasteiger partial charge is 0.475 e. The van der Waals surface area contributed by atoms with E-state index in [1.807, 2.05) is 31.5 Å². The molecule has 10 nitrogen and oxygen atoms in total. The van der Waals surface area contributed by atoms with Crippen LogP contribution in [0.4, 0.5) is 26.3 Å². The zero-order chi connectivity index (χ0) is 30.1. The Bertz CT molecular complexity index is 1060. The quantitative estimate of drug-likeness (QED) is 0.485. The summed E-state index contributed by atoms with van der Waals surface area (Å²) in [7, 11) is 2.18. The minimum absolute atomic E-state index is 0.0806. The number of aliphatic carboxylic acids is 2. The van der Waals surface area contributed by atoms with Crippen LogP contribution in [0.3, 0.4) is 0 Å². The lowest BCUT2D eigenvalue weighted by Crippen LogP contribution is -2.64. The molecule has 0 amide bonds. The van der Waals surface area contributed by atoms with Crippen LogP contribution in [-0.4, -0.2) is 93.3 Å². The van der Waals surface area contributed by atoms with E-state index in [2.05, 4.69) is 33.1 Å². The van der Waals surface area contributed by atoms with E-state index in [4.69, 9.17) is 29.1 Å². The first-order valence-electron chi connectivity index (χ1n) is 12.0. The molecule has 40 heavy (non-hydrogen) atoms. The summed E-state index contributed by atoms with van der Waals surface area (Å²) in [5.41, 5.74) is 2.36. The van der Waals surface area contributed by atoms with Crippen molar-refractivity contribution in [3.8, 4) is 0 Å². The van der Waals surface area contributed by atoms with E-state index in [0.717, 1.165) is 57.2 Å². The highest BCUT2D eigenvalue weighted by Gasteiger charge is 2.46. The summed E-state index contributed by atoms with van der Waals surface area (Å²) in [6.45, 7) is 7.71. The van der Waals surface area contributed by atoms with E-state index in [1.54, 1.807) is 0 Å². The molecule has 0 bridgehead atoms. The van der Waals surface area contributed by atoms with Gasteiger partial charge in [0.05, 0.1) is 17.9 Å². The standard InChI is InChI=1S/C20H28N4O2.2C2HF3O2/c1-16-8-19(22-26-16)12-24-14-20(15-24)6-5-18(13-25-20)11-23(2)10-17-4-3-7-21-9-17;2*3-2(4,5)1(6)7/h3-4,7-9,18H,5-6,10-15H2,1-2H3;2*(H,6,7). The van der Waals surface area contributed by atoms with Crippen LogP contribution in [0.1, 0.15) is 29.9 Å². The lowest BCUT2D eigenvalue weighted by atomic mass is 9.82. The van der Waals surface area contributed by atoms with Crippen LogP contribution >= 0.6 is 0 Å². The Kier molecular flexibility index (Phi) is 11.5. The number of carbonyl (C=O) groups is 2. The third kappa shape index (κ3) is 11.1. The summed E-state index contributed by atoms with van der Waals surface area (Å²) in [6.07, 6.45) is -3.99. The SMILES string of the molecule is Cc1cc(CN2CC3(CCC(CN(C)Cc4cccnc4)CO3)C2)no1.O=C(O)C(F)(F)F.O=C(O)C(F)(F)F. The van der Waals surface area contributed by atoms with Gasteiger partial charge in [0.2, 0.25) is 0 Å². The number of carboxylic acids is 2. The van der Waals surface area contributed by atoms with Gasteiger partial charge in [0, 0.05) is 51.2 Å². The number of carboxylic acid groups (broad SMARTS) is 2. The molecule has 2 aromatic heterocycles. The summed E-state index contributed by atoms with van der Waals surface area (Å²) in [6, 6.07) is 6.15. The van der Waals surface area contributed by atoms with Crippen LogP contribution in [0.25, 0.3) is 0 Å². The fraction of sp³-hybridized carbons (Fsp3) is 0.583. The molecule has 2 aliphatic rings. The first-order valence-corrected chi connectivity index (χ1v) is 12.0. The Morgan fingerprint density at radius 3 is 2.17 bits per heavy atom. The molecule has 1 spiro atoms. The number of likely N-dealkylation sites (tertiary alicyclic amines) is 1. The predicted octanol–water partition coefficient (Wildman–Crippen LogP) is 3.76. The van der Waals surface area contributed by atoms with Gasteiger partial charge in [-0.05, 0) is 44.4 Å². The van der Waals surface area contributed by atoms with Gasteiger partial charge in [0.1, 0.15) is 5.76 Å². The fourth-order valence-corrected chi connectivity index (χ4v) is 4.22. The lowest BCUT2D eigenvalue weighted by molar-refractivity contribution is -0.193. The number of aryl methyl sites for hydroxylation is 1. The summed E-state index contributed by atoms with van der Waals surface area (Å²) in [5.74, 6) is -4.02. The zero-order valence-corrected chi connectivity index (χ0v) is 21.7. The molecule has 2 N–H and O–H groups in total. The average Bonchev–Trinajstić information content (AvgIpc) is 3.24. The Labute approximate surface area is 225 Å². The van der Waals surface area contributed by atoms with Crippen LogP contribution in [-0.2, 0) is 27.4 Å². The second-order valence-electron chi connectivity index (χ2n) is 9.64. The van der Waals surface area contributed by atoms with Gasteiger partial charge in [-0.1, -0.05) is 11.2 Å². The van der Waals surface area contributed by atoms with Gasteiger partial charge < -0.3 is 24.4 Å². The monoisotopic (exact) mass is 584 g/mol. The Hall–Kier alpha value is -3.24. The minimum atomic E-state index is -5.08. The van der Waals surface area contributed by atoms with Crippen molar-refractivity contribution in [2.24, 2.45) is 5.92 Å². The van der Waals surface area contributed by atoms with E-state index in [1.165, 1.54) is 12.0 Å². The Balaban J connectivity index is 0.000000333. The molecular weight excluding hydrogens is 554 g/mol. The highest BCUT2D eigenvalue weighted by atomic mass is 19.4. The molecule has 2 saturated heterocycles. The fourth-order valence-electron chi connectivity index (χ4n) is 4.22. The van der Waals surface area contributed by atoms with Crippen molar-refractivity contribution >= 4 is 11.9 Å². The molecule has 0 aromatic carbocycles. The van der Waals surface area contributed by atoms with Gasteiger partial charge >= 0.3 is 24.3 Å². The van der Waals surface area contributed by atoms with Crippen molar-refractivity contribution in [2.45, 2.75) is 50.8 Å². The van der Waals surface area contributed by atoms with E-state index in [0.29, 0.717) is 5.92 Å². The molecule has 1 atom stereocenters. The minimum Gasteiger partial charge on any atom is -0.475 e. The number of rotatable bonds is 6. The highest BCUT2D eigenvalue weighted by molar-refractivity contribution is 5.73. The number of aromatic nitrogens is 2. The van der Waals surface area contributed by atoms with Crippen LogP contribution in [0.5, 0.6) is 0 Å². The van der Waals surface area contributed by atoms with Crippen LogP contribution < -0.4 is 0 Å². The molecule has 0 aliphatic carbocycles. The van der Waals surface area contributed by atoms with Gasteiger partial charge in [0.25, 0.3) is 0 Å².